The second-order valence-corrected chi connectivity index (χ2v) is 25.1. The second kappa shape index (κ2) is 40.6. The summed E-state index contributed by atoms with van der Waals surface area (Å²) in [5.74, 6) is -2.02. The van der Waals surface area contributed by atoms with Gasteiger partial charge in [-0.05, 0) is 120 Å². The van der Waals surface area contributed by atoms with Gasteiger partial charge in [0.15, 0.2) is 11.6 Å². The van der Waals surface area contributed by atoms with Crippen molar-refractivity contribution in [2.75, 3.05) is 5.73 Å². The topological polar surface area (TPSA) is 38.4 Å². The Labute approximate surface area is 509 Å². The summed E-state index contributed by atoms with van der Waals surface area (Å²) in [6, 6.07) is 26.4. The Morgan fingerprint density at radius 3 is 1.58 bits per heavy atom. The Morgan fingerprint density at radius 2 is 1.11 bits per heavy atom. The van der Waals surface area contributed by atoms with Gasteiger partial charge in [-0.15, -0.1) is 0 Å². The molecule has 4 rings (SSSR count). The van der Waals surface area contributed by atoms with Crippen LogP contribution < -0.4 is 5.73 Å². The first-order valence-corrected chi connectivity index (χ1v) is 32.3. The van der Waals surface area contributed by atoms with Gasteiger partial charge in [-0.25, -0.2) is 13.8 Å². The maximum absolute atomic E-state index is 17.5. The van der Waals surface area contributed by atoms with E-state index < -0.39 is 11.6 Å². The summed E-state index contributed by atoms with van der Waals surface area (Å²) in [5.41, 5.74) is 20.4. The number of unbranched alkanes of at least 4 members (excludes halogenated alkanes) is 10. The van der Waals surface area contributed by atoms with Gasteiger partial charge in [0.2, 0.25) is 0 Å². The van der Waals surface area contributed by atoms with Crippen LogP contribution in [0.2, 0.25) is 0 Å². The average Bonchev–Trinajstić information content (AvgIpc) is 3.42. The van der Waals surface area contributed by atoms with Gasteiger partial charge in [-0.1, -0.05) is 327 Å². The van der Waals surface area contributed by atoms with Gasteiger partial charge >= 0.3 is 0 Å². The molecule has 0 aliphatic heterocycles. The largest absolute Gasteiger partial charge is 0.396 e. The van der Waals surface area contributed by atoms with Crippen LogP contribution in [0, 0.1) is 35.3 Å². The molecule has 2 N–H and O–H groups in total. The molecule has 0 saturated heterocycles. The number of hydrogen-bond acceptors (Lipinski definition) is 2. The van der Waals surface area contributed by atoms with Gasteiger partial charge in [-0.3, -0.25) is 0 Å². The predicted octanol–water partition coefficient (Wildman–Crippen LogP) is 26.0. The molecule has 2 nitrogen and oxygen atoms in total. The molecule has 0 aliphatic carbocycles. The SMILES string of the molecule is C=C(/C=C\C(=C(C)C)C(C)(C)C)c1ccc(/C(C)=C/C=C(\CCC)c2c(N)c(N=C(Cc3ccccc3)c3ccccc3)c(/C(=C/C=C(\C)C(C)(C)C)C(C)CC)c(F)c2F)cc1C.CCC.CCCCCCC.CCCCCCCCC. The van der Waals surface area contributed by atoms with Crippen LogP contribution in [-0.4, -0.2) is 5.71 Å². The van der Waals surface area contributed by atoms with Gasteiger partial charge in [0.05, 0.1) is 17.1 Å². The normalized spacial score (nSPS) is 12.9. The molecule has 4 heteroatoms. The molecule has 0 aliphatic rings. The third kappa shape index (κ3) is 26.9. The van der Waals surface area contributed by atoms with Crippen molar-refractivity contribution >= 4 is 39.4 Å². The van der Waals surface area contributed by atoms with Crippen LogP contribution in [0.5, 0.6) is 0 Å². The first-order valence-electron chi connectivity index (χ1n) is 32.3. The number of allylic oxidation sites excluding steroid dienone is 13. The van der Waals surface area contributed by atoms with Crippen molar-refractivity contribution in [1.82, 2.24) is 0 Å². The number of rotatable bonds is 26. The fraction of sp³-hybridized carbons (Fsp3) is 0.506. The van der Waals surface area contributed by atoms with Crippen molar-refractivity contribution in [3.8, 4) is 0 Å². The Kier molecular flexibility index (Phi) is 36.9. The van der Waals surface area contributed by atoms with Crippen LogP contribution in [0.1, 0.15) is 273 Å². The van der Waals surface area contributed by atoms with Gasteiger partial charge in [-0.2, -0.15) is 0 Å². The lowest BCUT2D eigenvalue weighted by molar-refractivity contribution is 0.502. The minimum atomic E-state index is -0.957. The zero-order valence-electron chi connectivity index (χ0n) is 56.6. The van der Waals surface area contributed by atoms with E-state index in [1.807, 2.05) is 93.6 Å². The highest BCUT2D eigenvalue weighted by molar-refractivity contribution is 6.05. The van der Waals surface area contributed by atoms with E-state index in [2.05, 4.69) is 167 Å². The van der Waals surface area contributed by atoms with Crippen molar-refractivity contribution in [3.05, 3.63) is 189 Å². The highest BCUT2D eigenvalue weighted by atomic mass is 19.2. The zero-order chi connectivity index (χ0) is 62.7. The van der Waals surface area contributed by atoms with E-state index in [1.54, 1.807) is 0 Å². The number of nitrogens with two attached hydrogens (primary N) is 1. The monoisotopic (exact) mass is 1130 g/mol. The predicted molar refractivity (Wildman–Crippen MR) is 372 cm³/mol. The number of hydrogen-bond donors (Lipinski definition) is 1. The van der Waals surface area contributed by atoms with Crippen molar-refractivity contribution in [1.29, 1.82) is 0 Å². The smallest absolute Gasteiger partial charge is 0.169 e. The summed E-state index contributed by atoms with van der Waals surface area (Å²) >= 11 is 0. The molecule has 458 valence electrons. The minimum absolute atomic E-state index is 0.0283. The van der Waals surface area contributed by atoms with Gasteiger partial charge in [0.1, 0.15) is 0 Å². The van der Waals surface area contributed by atoms with Crippen LogP contribution in [0.15, 0.2) is 144 Å². The Balaban J connectivity index is 0.00000155. The molecule has 0 spiro atoms. The standard InChI is InChI=1S/C60H74F2N2.C9H20.C7H16.C3H8/c1-16-24-47(32-29-41(6)48-33-35-49(43(8)37-48)42(7)30-36-51(39(3)4)60(13,14)15)53-55(61)56(62)54(50(40(5)17-2)34-31-44(9)59(10,11)12)58(57(53)63)64-52(46-27-22-19-23-28-46)38-45-25-20-18-21-26-45;1-3-5-7-9-8-6-4-2;1-3-5-7-6-4-2;1-3-2/h18-23,25-37,40H,7,16-17,24,38,63H2,1-6,8-15H3;3-9H2,1-2H3;3-7H2,1-2H3;3H2,1-2H3/b36-30-,41-29+,44-31+,47-32+,50-34+,64-52?;;;. The van der Waals surface area contributed by atoms with Gasteiger partial charge in [0, 0.05) is 17.5 Å². The minimum Gasteiger partial charge on any atom is -0.396 e. The summed E-state index contributed by atoms with van der Waals surface area (Å²) in [4.78, 5) is 5.33. The molecule has 0 bridgehead atoms. The van der Waals surface area contributed by atoms with E-state index in [0.29, 0.717) is 42.5 Å². The van der Waals surface area contributed by atoms with Gasteiger partial charge in [0.25, 0.3) is 0 Å². The number of aliphatic imine (C=N–C) groups is 1. The molecule has 0 heterocycles. The quantitative estimate of drug-likeness (QED) is 0.0289. The summed E-state index contributed by atoms with van der Waals surface area (Å²) in [6.07, 6.45) is 32.8. The fourth-order valence-electron chi connectivity index (χ4n) is 9.63. The summed E-state index contributed by atoms with van der Waals surface area (Å²) in [5, 5.41) is 0. The number of nitrogen functional groups attached to an aromatic ring is 1. The van der Waals surface area contributed by atoms with E-state index in [1.165, 1.54) is 94.6 Å². The van der Waals surface area contributed by atoms with E-state index in [4.69, 9.17) is 10.7 Å². The Bertz CT molecular complexity index is 2730. The Morgan fingerprint density at radius 1 is 0.602 bits per heavy atom. The van der Waals surface area contributed by atoms with E-state index >= 15 is 8.78 Å². The van der Waals surface area contributed by atoms with Crippen molar-refractivity contribution < 1.29 is 8.78 Å². The molecule has 1 atom stereocenters. The highest BCUT2D eigenvalue weighted by Crippen LogP contribution is 2.46. The lowest BCUT2D eigenvalue weighted by atomic mass is 9.83. The van der Waals surface area contributed by atoms with Crippen LogP contribution >= 0.6 is 0 Å². The van der Waals surface area contributed by atoms with E-state index in [0.717, 1.165) is 44.5 Å². The molecule has 83 heavy (non-hydrogen) atoms. The summed E-state index contributed by atoms with van der Waals surface area (Å²) in [6.45, 7) is 47.4. The second-order valence-electron chi connectivity index (χ2n) is 25.1. The molecule has 4 aromatic carbocycles. The number of benzene rings is 4. The third-order valence-electron chi connectivity index (χ3n) is 15.2. The molecular weight excluding hydrogens is 1010 g/mol. The molecule has 0 aromatic heterocycles. The fourth-order valence-corrected chi connectivity index (χ4v) is 9.63. The molecular formula is C79H118F2N2. The highest BCUT2D eigenvalue weighted by Gasteiger charge is 2.29. The molecule has 0 fully saturated rings. The lowest BCUT2D eigenvalue weighted by Crippen LogP contribution is -2.11. The van der Waals surface area contributed by atoms with Crippen LogP contribution in [0.3, 0.4) is 0 Å². The average molecular weight is 1130 g/mol. The van der Waals surface area contributed by atoms with Crippen molar-refractivity contribution in [2.24, 2.45) is 21.7 Å². The lowest BCUT2D eigenvalue weighted by Gasteiger charge is -2.23. The zero-order valence-corrected chi connectivity index (χ0v) is 56.6. The number of anilines is 1. The maximum atomic E-state index is 17.5. The van der Waals surface area contributed by atoms with Crippen molar-refractivity contribution in [2.45, 2.75) is 248 Å². The van der Waals surface area contributed by atoms with Gasteiger partial charge < -0.3 is 5.73 Å². The number of nitrogens with zero attached hydrogens (tertiary/aromatic N) is 1. The summed E-state index contributed by atoms with van der Waals surface area (Å²) in [7, 11) is 0. The van der Waals surface area contributed by atoms with Crippen LogP contribution in [0.25, 0.3) is 22.3 Å². The molecule has 0 radical (unpaired) electrons. The van der Waals surface area contributed by atoms with E-state index in [9.17, 15) is 0 Å². The molecule has 4 aromatic rings. The van der Waals surface area contributed by atoms with Crippen molar-refractivity contribution in [3.63, 3.8) is 0 Å². The van der Waals surface area contributed by atoms with Crippen LogP contribution in [-0.2, 0) is 6.42 Å². The first kappa shape index (κ1) is 75.4. The Hall–Kier alpha value is -5.61. The number of halogens is 2. The van der Waals surface area contributed by atoms with Crippen LogP contribution in [0.4, 0.5) is 20.2 Å². The third-order valence-corrected chi connectivity index (χ3v) is 15.2. The molecule has 0 amide bonds. The molecule has 1 unspecified atom stereocenters. The maximum Gasteiger partial charge on any atom is 0.169 e. The van der Waals surface area contributed by atoms with E-state index in [-0.39, 0.29) is 39.2 Å². The molecule has 0 saturated carbocycles. The number of aryl methyl sites for hydroxylation is 1. The summed E-state index contributed by atoms with van der Waals surface area (Å²) < 4.78 is 34.7. The first-order chi connectivity index (χ1) is 39.3.